The molecule has 4 rings (SSSR count). The Labute approximate surface area is 114 Å². The van der Waals surface area contributed by atoms with E-state index in [0.717, 1.165) is 23.7 Å². The lowest BCUT2D eigenvalue weighted by Gasteiger charge is -2.30. The number of thioether (sulfide) groups is 1. The van der Waals surface area contributed by atoms with Gasteiger partial charge in [0.05, 0.1) is 17.0 Å². The Kier molecular flexibility index (Phi) is 2.20. The third kappa shape index (κ3) is 1.28. The minimum Gasteiger partial charge on any atom is -0.312 e. The molecule has 19 heavy (non-hydrogen) atoms. The highest BCUT2D eigenvalue weighted by atomic mass is 32.2. The lowest BCUT2D eigenvalue weighted by molar-refractivity contribution is 0.0749. The van der Waals surface area contributed by atoms with Gasteiger partial charge in [-0.15, -0.1) is 11.8 Å². The zero-order valence-corrected chi connectivity index (χ0v) is 10.9. The standard InChI is InChI=1S/C14H11N3OS/c18-13-10-4-3-7-16-12(10)14(17(13)8-9-19-14)11-5-1-2-6-15-11/h1-7H,8-9H2. The van der Waals surface area contributed by atoms with Crippen LogP contribution in [-0.4, -0.2) is 33.1 Å². The van der Waals surface area contributed by atoms with E-state index >= 15 is 0 Å². The Morgan fingerprint density at radius 3 is 2.89 bits per heavy atom. The molecule has 1 fully saturated rings. The van der Waals surface area contributed by atoms with Gasteiger partial charge in [0.2, 0.25) is 0 Å². The first-order valence-electron chi connectivity index (χ1n) is 6.17. The van der Waals surface area contributed by atoms with Crippen molar-refractivity contribution in [3.63, 3.8) is 0 Å². The van der Waals surface area contributed by atoms with E-state index in [4.69, 9.17) is 0 Å². The van der Waals surface area contributed by atoms with Crippen LogP contribution in [0.3, 0.4) is 0 Å². The van der Waals surface area contributed by atoms with Gasteiger partial charge in [0.1, 0.15) is 0 Å². The van der Waals surface area contributed by atoms with Gasteiger partial charge in [-0.3, -0.25) is 14.8 Å². The third-order valence-electron chi connectivity index (χ3n) is 3.62. The van der Waals surface area contributed by atoms with Crippen molar-refractivity contribution in [3.8, 4) is 0 Å². The van der Waals surface area contributed by atoms with E-state index in [1.54, 1.807) is 24.2 Å². The Morgan fingerprint density at radius 2 is 2.05 bits per heavy atom. The SMILES string of the molecule is O=C1c2cccnc2C2(c3ccccn3)SCCN12. The average Bonchev–Trinajstić information content (AvgIpc) is 3.01. The topological polar surface area (TPSA) is 46.1 Å². The van der Waals surface area contributed by atoms with Crippen LogP contribution in [0.25, 0.3) is 0 Å². The van der Waals surface area contributed by atoms with Crippen molar-refractivity contribution in [1.29, 1.82) is 0 Å². The second kappa shape index (κ2) is 3.81. The van der Waals surface area contributed by atoms with Crippen LogP contribution in [0.5, 0.6) is 0 Å². The molecule has 0 aromatic carbocycles. The number of amides is 1. The van der Waals surface area contributed by atoms with Gasteiger partial charge in [-0.2, -0.15) is 0 Å². The molecular formula is C14H11N3OS. The molecule has 4 nitrogen and oxygen atoms in total. The number of nitrogens with zero attached hydrogens (tertiary/aromatic N) is 3. The third-order valence-corrected chi connectivity index (χ3v) is 5.05. The first-order chi connectivity index (χ1) is 9.34. The summed E-state index contributed by atoms with van der Waals surface area (Å²) >= 11 is 1.74. The van der Waals surface area contributed by atoms with Gasteiger partial charge in [0, 0.05) is 24.7 Å². The molecule has 5 heteroatoms. The lowest BCUT2D eigenvalue weighted by atomic mass is 10.1. The number of hydrogen-bond donors (Lipinski definition) is 0. The van der Waals surface area contributed by atoms with Crippen LogP contribution in [0.15, 0.2) is 42.7 Å². The Bertz CT molecular complexity index is 661. The zero-order chi connectivity index (χ0) is 12.9. The van der Waals surface area contributed by atoms with Gasteiger partial charge in [-0.25, -0.2) is 0 Å². The van der Waals surface area contributed by atoms with Gasteiger partial charge in [-0.1, -0.05) is 6.07 Å². The van der Waals surface area contributed by atoms with Crippen molar-refractivity contribution >= 4 is 17.7 Å². The van der Waals surface area contributed by atoms with Gasteiger partial charge < -0.3 is 4.90 Å². The fourth-order valence-electron chi connectivity index (χ4n) is 2.85. The summed E-state index contributed by atoms with van der Waals surface area (Å²) in [5, 5.41) is 0. The van der Waals surface area contributed by atoms with E-state index in [9.17, 15) is 4.79 Å². The monoisotopic (exact) mass is 269 g/mol. The van der Waals surface area contributed by atoms with Crippen LogP contribution in [0.1, 0.15) is 21.7 Å². The summed E-state index contributed by atoms with van der Waals surface area (Å²) in [6, 6.07) is 9.49. The smallest absolute Gasteiger partial charge is 0.257 e. The fraction of sp³-hybridized carbons (Fsp3) is 0.214. The Morgan fingerprint density at radius 1 is 1.16 bits per heavy atom. The van der Waals surface area contributed by atoms with Crippen molar-refractivity contribution in [1.82, 2.24) is 14.9 Å². The predicted octanol–water partition coefficient (Wildman–Crippen LogP) is 1.88. The highest BCUT2D eigenvalue weighted by Gasteiger charge is 2.56. The largest absolute Gasteiger partial charge is 0.312 e. The Balaban J connectivity index is 2.02. The summed E-state index contributed by atoms with van der Waals surface area (Å²) in [7, 11) is 0. The van der Waals surface area contributed by atoms with E-state index in [1.165, 1.54) is 0 Å². The summed E-state index contributed by atoms with van der Waals surface area (Å²) < 4.78 is 0. The summed E-state index contributed by atoms with van der Waals surface area (Å²) in [6.45, 7) is 0.746. The molecule has 0 aliphatic carbocycles. The van der Waals surface area contributed by atoms with Crippen LogP contribution in [-0.2, 0) is 4.87 Å². The van der Waals surface area contributed by atoms with E-state index in [2.05, 4.69) is 9.97 Å². The molecule has 0 saturated carbocycles. The number of carbonyl (C=O) groups is 1. The van der Waals surface area contributed by atoms with Crippen LogP contribution >= 0.6 is 11.8 Å². The molecular weight excluding hydrogens is 258 g/mol. The maximum atomic E-state index is 12.5. The van der Waals surface area contributed by atoms with E-state index in [1.807, 2.05) is 35.2 Å². The van der Waals surface area contributed by atoms with E-state index in [-0.39, 0.29) is 5.91 Å². The molecule has 1 atom stereocenters. The Hall–Kier alpha value is -1.88. The fourth-order valence-corrected chi connectivity index (χ4v) is 4.32. The molecule has 1 amide bonds. The number of pyridine rings is 2. The van der Waals surface area contributed by atoms with Crippen molar-refractivity contribution in [2.24, 2.45) is 0 Å². The molecule has 0 radical (unpaired) electrons. The van der Waals surface area contributed by atoms with Crippen LogP contribution < -0.4 is 0 Å². The van der Waals surface area contributed by atoms with Crippen molar-refractivity contribution in [2.75, 3.05) is 12.3 Å². The molecule has 2 aromatic rings. The predicted molar refractivity (Wildman–Crippen MR) is 72.7 cm³/mol. The summed E-state index contributed by atoms with van der Waals surface area (Å²) in [4.78, 5) is 22.8. The van der Waals surface area contributed by atoms with Crippen LogP contribution in [0, 0.1) is 0 Å². The van der Waals surface area contributed by atoms with Crippen LogP contribution in [0.4, 0.5) is 0 Å². The lowest BCUT2D eigenvalue weighted by Crippen LogP contribution is -2.38. The first-order valence-corrected chi connectivity index (χ1v) is 7.15. The zero-order valence-electron chi connectivity index (χ0n) is 10.1. The minimum absolute atomic E-state index is 0.0683. The summed E-state index contributed by atoms with van der Waals surface area (Å²) in [6.07, 6.45) is 3.52. The molecule has 1 unspecified atom stereocenters. The van der Waals surface area contributed by atoms with Gasteiger partial charge in [-0.05, 0) is 24.3 Å². The van der Waals surface area contributed by atoms with Crippen molar-refractivity contribution in [3.05, 3.63) is 59.7 Å². The van der Waals surface area contributed by atoms with Crippen molar-refractivity contribution in [2.45, 2.75) is 4.87 Å². The summed E-state index contributed by atoms with van der Waals surface area (Å²) in [5.41, 5.74) is 2.44. The van der Waals surface area contributed by atoms with Crippen LogP contribution in [0.2, 0.25) is 0 Å². The molecule has 2 aliphatic rings. The molecule has 94 valence electrons. The maximum absolute atomic E-state index is 12.5. The molecule has 0 spiro atoms. The molecule has 0 N–H and O–H groups in total. The molecule has 0 bridgehead atoms. The highest BCUT2D eigenvalue weighted by Crippen LogP contribution is 2.53. The number of aromatic nitrogens is 2. The van der Waals surface area contributed by atoms with E-state index < -0.39 is 4.87 Å². The minimum atomic E-state index is -0.519. The van der Waals surface area contributed by atoms with Gasteiger partial charge in [0.25, 0.3) is 5.91 Å². The first kappa shape index (κ1) is 11.0. The van der Waals surface area contributed by atoms with E-state index in [0.29, 0.717) is 5.56 Å². The highest BCUT2D eigenvalue weighted by molar-refractivity contribution is 8.00. The summed E-state index contributed by atoms with van der Waals surface area (Å²) in [5.74, 6) is 0.983. The van der Waals surface area contributed by atoms with Gasteiger partial charge in [0.15, 0.2) is 4.87 Å². The maximum Gasteiger partial charge on any atom is 0.257 e. The molecule has 2 aliphatic heterocycles. The van der Waals surface area contributed by atoms with Crippen molar-refractivity contribution < 1.29 is 4.79 Å². The second-order valence-electron chi connectivity index (χ2n) is 4.56. The number of fused-ring (bicyclic) bond motifs is 3. The normalized spacial score (nSPS) is 24.4. The number of rotatable bonds is 1. The average molecular weight is 269 g/mol. The molecule has 1 saturated heterocycles. The molecule has 2 aromatic heterocycles. The van der Waals surface area contributed by atoms with Gasteiger partial charge >= 0.3 is 0 Å². The second-order valence-corrected chi connectivity index (χ2v) is 5.85. The quantitative estimate of drug-likeness (QED) is 0.793. The molecule has 4 heterocycles. The number of carbonyl (C=O) groups excluding carboxylic acids is 1. The number of hydrogen-bond acceptors (Lipinski definition) is 4.